The summed E-state index contributed by atoms with van der Waals surface area (Å²) in [4.78, 5) is 13.0. The second-order valence-corrected chi connectivity index (χ2v) is 8.04. The molecule has 0 fully saturated rings. The van der Waals surface area contributed by atoms with Gasteiger partial charge in [-0.15, -0.1) is 0 Å². The maximum atomic E-state index is 13.0. The fraction of sp³-hybridized carbons (Fsp3) is 0.320. The van der Waals surface area contributed by atoms with Crippen molar-refractivity contribution in [2.75, 3.05) is 0 Å². The summed E-state index contributed by atoms with van der Waals surface area (Å²) in [6.45, 7) is 8.02. The lowest BCUT2D eigenvalue weighted by Gasteiger charge is -2.28. The van der Waals surface area contributed by atoms with Gasteiger partial charge in [0.2, 0.25) is 0 Å². The van der Waals surface area contributed by atoms with E-state index >= 15 is 0 Å². The number of hydrogen-bond acceptors (Lipinski definition) is 4. The molecule has 152 valence electrons. The topological polar surface area (TPSA) is 66.8 Å². The van der Waals surface area contributed by atoms with Crippen LogP contribution in [0, 0.1) is 0 Å². The number of aromatic hydroxyl groups is 2. The minimum absolute atomic E-state index is 0.00113. The molecule has 1 aliphatic heterocycles. The van der Waals surface area contributed by atoms with Gasteiger partial charge in [-0.25, -0.2) is 0 Å². The number of allylic oxidation sites excluding steroid dienone is 4. The Morgan fingerprint density at radius 2 is 1.66 bits per heavy atom. The Morgan fingerprint density at radius 1 is 1.03 bits per heavy atom. The van der Waals surface area contributed by atoms with Crippen LogP contribution in [0.4, 0.5) is 0 Å². The molecule has 0 unspecified atom stereocenters. The lowest BCUT2D eigenvalue weighted by molar-refractivity contribution is 0.0847. The normalized spacial score (nSPS) is 15.3. The van der Waals surface area contributed by atoms with E-state index in [0.717, 1.165) is 22.3 Å². The van der Waals surface area contributed by atoms with E-state index in [4.69, 9.17) is 4.74 Å². The molecule has 0 radical (unpaired) electrons. The zero-order chi connectivity index (χ0) is 21.1. The standard InChI is InChI=1S/C25H28O4/c1-15(2)5-7-18-13-21-22(27)14-23(17-8-10-19(26)11-9-17)29-25(21)20(24(18)28)12-6-16(3)4/h5-6,8-11,13,23,26,28H,7,12,14H2,1-4H3/t23-/m0/s1. The lowest BCUT2D eigenvalue weighted by Crippen LogP contribution is -2.22. The number of ketones is 1. The molecular weight excluding hydrogens is 364 g/mol. The van der Waals surface area contributed by atoms with Crippen LogP contribution in [0.1, 0.15) is 67.3 Å². The van der Waals surface area contributed by atoms with Gasteiger partial charge in [0.05, 0.1) is 12.0 Å². The van der Waals surface area contributed by atoms with E-state index in [-0.39, 0.29) is 23.7 Å². The van der Waals surface area contributed by atoms with Crippen LogP contribution in [-0.2, 0) is 12.8 Å². The summed E-state index contributed by atoms with van der Waals surface area (Å²) in [5.74, 6) is 0.830. The maximum absolute atomic E-state index is 13.0. The molecule has 2 aromatic carbocycles. The van der Waals surface area contributed by atoms with Gasteiger partial charge in [-0.05, 0) is 69.9 Å². The van der Waals surface area contributed by atoms with E-state index in [0.29, 0.717) is 29.7 Å². The first kappa shape index (κ1) is 20.7. The summed E-state index contributed by atoms with van der Waals surface area (Å²) < 4.78 is 6.25. The quantitative estimate of drug-likeness (QED) is 0.629. The summed E-state index contributed by atoms with van der Waals surface area (Å²) >= 11 is 0. The Labute approximate surface area is 172 Å². The SMILES string of the molecule is CC(C)=CCc1cc2c(c(CC=C(C)C)c1O)O[C@H](c1ccc(O)cc1)CC2=O. The number of hydrogen-bond donors (Lipinski definition) is 2. The smallest absolute Gasteiger partial charge is 0.170 e. The Balaban J connectivity index is 2.08. The Morgan fingerprint density at radius 3 is 2.28 bits per heavy atom. The van der Waals surface area contributed by atoms with Crippen molar-refractivity contribution < 1.29 is 19.7 Å². The van der Waals surface area contributed by atoms with Crippen molar-refractivity contribution in [3.8, 4) is 17.2 Å². The molecule has 0 aliphatic carbocycles. The van der Waals surface area contributed by atoms with Crippen molar-refractivity contribution in [1.29, 1.82) is 0 Å². The highest BCUT2D eigenvalue weighted by Crippen LogP contribution is 2.43. The minimum atomic E-state index is -0.441. The van der Waals surface area contributed by atoms with Gasteiger partial charge in [-0.1, -0.05) is 35.4 Å². The molecule has 0 saturated heterocycles. The average Bonchev–Trinajstić information content (AvgIpc) is 2.66. The molecular formula is C25H28O4. The van der Waals surface area contributed by atoms with E-state index in [1.807, 2.05) is 39.8 Å². The highest BCUT2D eigenvalue weighted by atomic mass is 16.5. The van der Waals surface area contributed by atoms with Gasteiger partial charge in [0, 0.05) is 5.56 Å². The molecule has 4 heteroatoms. The molecule has 2 aromatic rings. The van der Waals surface area contributed by atoms with Crippen LogP contribution >= 0.6 is 0 Å². The van der Waals surface area contributed by atoms with Crippen LogP contribution in [-0.4, -0.2) is 16.0 Å². The molecule has 0 aromatic heterocycles. The number of fused-ring (bicyclic) bond motifs is 1. The number of benzene rings is 2. The van der Waals surface area contributed by atoms with Crippen LogP contribution in [0.25, 0.3) is 0 Å². The molecule has 4 nitrogen and oxygen atoms in total. The Hall–Kier alpha value is -3.01. The minimum Gasteiger partial charge on any atom is -0.508 e. The van der Waals surface area contributed by atoms with Crippen LogP contribution in [0.2, 0.25) is 0 Å². The molecule has 2 N–H and O–H groups in total. The van der Waals surface area contributed by atoms with Gasteiger partial charge in [0.15, 0.2) is 5.78 Å². The summed E-state index contributed by atoms with van der Waals surface area (Å²) in [6, 6.07) is 8.46. The molecule has 3 rings (SSSR count). The summed E-state index contributed by atoms with van der Waals surface area (Å²) in [5, 5.41) is 20.5. The monoisotopic (exact) mass is 392 g/mol. The third kappa shape index (κ3) is 4.70. The van der Waals surface area contributed by atoms with E-state index in [2.05, 4.69) is 0 Å². The van der Waals surface area contributed by atoms with E-state index in [1.165, 1.54) is 0 Å². The van der Waals surface area contributed by atoms with Crippen LogP contribution in [0.15, 0.2) is 53.6 Å². The number of ether oxygens (including phenoxy) is 1. The number of rotatable bonds is 5. The predicted molar refractivity (Wildman–Crippen MR) is 115 cm³/mol. The third-order valence-electron chi connectivity index (χ3n) is 5.07. The Kier molecular flexibility index (Phi) is 6.12. The molecule has 1 atom stereocenters. The second kappa shape index (κ2) is 8.56. The summed E-state index contributed by atoms with van der Waals surface area (Å²) in [6.07, 6.45) is 4.92. The number of Topliss-reactive ketones (excluding diaryl/α,β-unsaturated/α-hetero) is 1. The van der Waals surface area contributed by atoms with Gasteiger partial charge < -0.3 is 14.9 Å². The first-order valence-electron chi connectivity index (χ1n) is 9.89. The van der Waals surface area contributed by atoms with E-state index < -0.39 is 6.10 Å². The van der Waals surface area contributed by atoms with E-state index in [1.54, 1.807) is 30.3 Å². The highest BCUT2D eigenvalue weighted by molar-refractivity contribution is 6.01. The Bertz CT molecular complexity index is 973. The first-order chi connectivity index (χ1) is 13.8. The van der Waals surface area contributed by atoms with Gasteiger partial charge in [-0.2, -0.15) is 0 Å². The largest absolute Gasteiger partial charge is 0.508 e. The molecule has 0 amide bonds. The maximum Gasteiger partial charge on any atom is 0.170 e. The van der Waals surface area contributed by atoms with Crippen molar-refractivity contribution in [1.82, 2.24) is 0 Å². The molecule has 0 saturated carbocycles. The predicted octanol–water partition coefficient (Wildman–Crippen LogP) is 5.82. The van der Waals surface area contributed by atoms with Crippen molar-refractivity contribution in [2.24, 2.45) is 0 Å². The van der Waals surface area contributed by atoms with Crippen LogP contribution < -0.4 is 4.74 Å². The van der Waals surface area contributed by atoms with Crippen molar-refractivity contribution in [3.63, 3.8) is 0 Å². The third-order valence-corrected chi connectivity index (χ3v) is 5.07. The van der Waals surface area contributed by atoms with Crippen LogP contribution in [0.5, 0.6) is 17.2 Å². The summed E-state index contributed by atoms with van der Waals surface area (Å²) in [7, 11) is 0. The fourth-order valence-corrected chi connectivity index (χ4v) is 3.42. The highest BCUT2D eigenvalue weighted by Gasteiger charge is 2.31. The van der Waals surface area contributed by atoms with Gasteiger partial charge in [0.1, 0.15) is 23.4 Å². The number of carbonyl (C=O) groups is 1. The van der Waals surface area contributed by atoms with Crippen molar-refractivity contribution in [2.45, 2.75) is 53.1 Å². The number of phenols is 2. The fourth-order valence-electron chi connectivity index (χ4n) is 3.42. The second-order valence-electron chi connectivity index (χ2n) is 8.04. The first-order valence-corrected chi connectivity index (χ1v) is 9.89. The van der Waals surface area contributed by atoms with Crippen molar-refractivity contribution in [3.05, 3.63) is 75.9 Å². The van der Waals surface area contributed by atoms with Gasteiger partial charge in [0.25, 0.3) is 0 Å². The van der Waals surface area contributed by atoms with Gasteiger partial charge >= 0.3 is 0 Å². The molecule has 0 bridgehead atoms. The number of phenolic OH excluding ortho intramolecular Hbond substituents is 2. The lowest BCUT2D eigenvalue weighted by atomic mass is 9.90. The van der Waals surface area contributed by atoms with Crippen LogP contribution in [0.3, 0.4) is 0 Å². The van der Waals surface area contributed by atoms with E-state index in [9.17, 15) is 15.0 Å². The zero-order valence-electron chi connectivity index (χ0n) is 17.5. The zero-order valence-corrected chi connectivity index (χ0v) is 17.5. The molecule has 1 heterocycles. The summed E-state index contributed by atoms with van der Waals surface area (Å²) in [5.41, 5.74) is 5.03. The molecule has 29 heavy (non-hydrogen) atoms. The average molecular weight is 392 g/mol. The van der Waals surface area contributed by atoms with Gasteiger partial charge in [-0.3, -0.25) is 4.79 Å². The van der Waals surface area contributed by atoms with Crippen molar-refractivity contribution >= 4 is 5.78 Å². The molecule has 0 spiro atoms. The molecule has 1 aliphatic rings. The number of carbonyl (C=O) groups excluding carboxylic acids is 1.